The molecule has 3 aromatic rings. The van der Waals surface area contributed by atoms with Crippen LogP contribution in [-0.2, 0) is 12.1 Å². The normalized spacial score (nSPS) is 12.8. The lowest BCUT2D eigenvalue weighted by Gasteiger charge is -2.20. The summed E-state index contributed by atoms with van der Waals surface area (Å²) in [5, 5.41) is 17.3. The van der Waals surface area contributed by atoms with Crippen LogP contribution in [0.4, 0.5) is 11.8 Å². The Morgan fingerprint density at radius 3 is 2.68 bits per heavy atom. The van der Waals surface area contributed by atoms with E-state index in [9.17, 15) is 5.11 Å². The van der Waals surface area contributed by atoms with Gasteiger partial charge in [-0.3, -0.25) is 9.67 Å². The van der Waals surface area contributed by atoms with Gasteiger partial charge >= 0.3 is 0 Å². The minimum atomic E-state index is -0.576. The summed E-state index contributed by atoms with van der Waals surface area (Å²) in [5.74, 6) is 1.45. The average molecular weight is 429 g/mol. The molecule has 1 unspecified atom stereocenters. The lowest BCUT2D eigenvalue weighted by atomic mass is 10.0. The van der Waals surface area contributed by atoms with Crippen LogP contribution in [0.5, 0.6) is 5.75 Å². The topological polar surface area (TPSA) is 150 Å². The molecule has 0 amide bonds. The quantitative estimate of drug-likeness (QED) is 0.380. The number of fused-ring (bicyclic) bond motifs is 1. The molecule has 0 spiro atoms. The lowest BCUT2D eigenvalue weighted by Crippen LogP contribution is -2.30. The summed E-state index contributed by atoms with van der Waals surface area (Å²) in [4.78, 5) is 13.2. The predicted octanol–water partition coefficient (Wildman–Crippen LogP) is 2.02. The lowest BCUT2D eigenvalue weighted by molar-refractivity contribution is 0.276. The maximum absolute atomic E-state index is 9.41. The van der Waals surface area contributed by atoms with E-state index >= 15 is 0 Å². The first-order valence-electron chi connectivity index (χ1n) is 10.5. The Balaban J connectivity index is 2.00. The molecule has 0 bridgehead atoms. The van der Waals surface area contributed by atoms with Crippen LogP contribution in [0, 0.1) is 0 Å². The van der Waals surface area contributed by atoms with Crippen molar-refractivity contribution in [1.29, 1.82) is 0 Å². The summed E-state index contributed by atoms with van der Waals surface area (Å²) in [6, 6.07) is 1.92. The molecule has 0 radical (unpaired) electrons. The Morgan fingerprint density at radius 2 is 2.03 bits per heavy atom. The van der Waals surface area contributed by atoms with E-state index in [2.05, 4.69) is 32.3 Å². The number of aliphatic hydroxyl groups is 1. The van der Waals surface area contributed by atoms with E-state index in [1.165, 1.54) is 0 Å². The average Bonchev–Trinajstić information content (AvgIpc) is 3.10. The second-order valence-electron chi connectivity index (χ2n) is 8.21. The fourth-order valence-electron chi connectivity index (χ4n) is 3.51. The highest BCUT2D eigenvalue weighted by Gasteiger charge is 2.20. The molecule has 1 atom stereocenters. The molecule has 0 aliphatic carbocycles. The van der Waals surface area contributed by atoms with Crippen LogP contribution in [0.3, 0.4) is 0 Å². The molecule has 0 fully saturated rings. The number of ether oxygens (including phenoxy) is 1. The van der Waals surface area contributed by atoms with Crippen molar-refractivity contribution >= 4 is 22.8 Å². The molecule has 10 nitrogen and oxygen atoms in total. The maximum atomic E-state index is 9.41. The highest BCUT2D eigenvalue weighted by atomic mass is 16.5. The molecule has 0 saturated carbocycles. The van der Waals surface area contributed by atoms with Crippen LogP contribution in [0.25, 0.3) is 11.0 Å². The standard InChI is InChI=1S/C21H32N8O2/c1-5-6-14(7-8-30)26-19-18-15(27-20(22)28-19)11-25-29(18)12-13-10-24-17(21(2,3)23)9-16(13)31-4/h9-11,14,30H,5-8,12,23H2,1-4H3,(H3,22,26,27,28). The van der Waals surface area contributed by atoms with E-state index in [1.807, 2.05) is 19.9 Å². The number of hydrogen-bond acceptors (Lipinski definition) is 9. The van der Waals surface area contributed by atoms with Crippen molar-refractivity contribution in [2.45, 2.75) is 58.2 Å². The van der Waals surface area contributed by atoms with Crippen LogP contribution in [-0.4, -0.2) is 49.6 Å². The molecule has 0 aromatic carbocycles. The number of anilines is 2. The third-order valence-electron chi connectivity index (χ3n) is 5.11. The number of hydrogen-bond donors (Lipinski definition) is 4. The molecule has 10 heteroatoms. The zero-order chi connectivity index (χ0) is 22.6. The van der Waals surface area contributed by atoms with Gasteiger partial charge < -0.3 is 26.6 Å². The highest BCUT2D eigenvalue weighted by Crippen LogP contribution is 2.27. The van der Waals surface area contributed by atoms with E-state index in [4.69, 9.17) is 16.2 Å². The van der Waals surface area contributed by atoms with Crippen molar-refractivity contribution in [3.8, 4) is 5.75 Å². The number of nitrogens with zero attached hydrogens (tertiary/aromatic N) is 5. The third-order valence-corrected chi connectivity index (χ3v) is 5.11. The number of rotatable bonds is 10. The van der Waals surface area contributed by atoms with E-state index in [-0.39, 0.29) is 18.6 Å². The Labute approximate surface area is 182 Å². The van der Waals surface area contributed by atoms with Gasteiger partial charge in [-0.25, -0.2) is 4.98 Å². The van der Waals surface area contributed by atoms with E-state index in [1.54, 1.807) is 24.2 Å². The Hall–Kier alpha value is -2.98. The SMILES string of the molecule is CCCC(CCO)Nc1nc(N)nc2cnn(Cc3cnc(C(C)(C)N)cc3OC)c12. The molecule has 0 aliphatic heterocycles. The van der Waals surface area contributed by atoms with Crippen molar-refractivity contribution in [3.05, 3.63) is 29.7 Å². The molecule has 3 aromatic heterocycles. The van der Waals surface area contributed by atoms with Gasteiger partial charge in [-0.05, 0) is 26.7 Å². The second kappa shape index (κ2) is 9.44. The number of aromatic nitrogens is 5. The first-order chi connectivity index (χ1) is 14.8. The Morgan fingerprint density at radius 1 is 1.26 bits per heavy atom. The highest BCUT2D eigenvalue weighted by molar-refractivity contribution is 5.86. The second-order valence-corrected chi connectivity index (χ2v) is 8.21. The molecule has 6 N–H and O–H groups in total. The van der Waals surface area contributed by atoms with Gasteiger partial charge in [0.2, 0.25) is 5.95 Å². The van der Waals surface area contributed by atoms with Crippen molar-refractivity contribution in [2.24, 2.45) is 5.73 Å². The van der Waals surface area contributed by atoms with Crippen LogP contribution in [0.15, 0.2) is 18.5 Å². The number of nitrogens with one attached hydrogen (secondary N) is 1. The molecule has 3 heterocycles. The number of nitrogens with two attached hydrogens (primary N) is 2. The largest absolute Gasteiger partial charge is 0.496 e. The molecule has 0 aliphatic rings. The first-order valence-corrected chi connectivity index (χ1v) is 10.5. The third kappa shape index (κ3) is 5.20. The smallest absolute Gasteiger partial charge is 0.222 e. The number of aliphatic hydroxyl groups excluding tert-OH is 1. The van der Waals surface area contributed by atoms with E-state index in [0.29, 0.717) is 30.0 Å². The van der Waals surface area contributed by atoms with Crippen LogP contribution < -0.4 is 21.5 Å². The van der Waals surface area contributed by atoms with Crippen LogP contribution in [0.2, 0.25) is 0 Å². The van der Waals surface area contributed by atoms with Crippen molar-refractivity contribution < 1.29 is 9.84 Å². The summed E-state index contributed by atoms with van der Waals surface area (Å²) in [7, 11) is 1.62. The zero-order valence-corrected chi connectivity index (χ0v) is 18.6. The molecule has 0 saturated heterocycles. The number of nitrogen functional groups attached to an aromatic ring is 1. The summed E-state index contributed by atoms with van der Waals surface area (Å²) in [5.41, 5.74) is 14.5. The van der Waals surface area contributed by atoms with Crippen LogP contribution in [0.1, 0.15) is 51.3 Å². The molecule has 31 heavy (non-hydrogen) atoms. The fourth-order valence-corrected chi connectivity index (χ4v) is 3.51. The summed E-state index contributed by atoms with van der Waals surface area (Å²) in [6.45, 7) is 6.40. The predicted molar refractivity (Wildman–Crippen MR) is 121 cm³/mol. The molecule has 3 rings (SSSR count). The monoisotopic (exact) mass is 428 g/mol. The van der Waals surface area contributed by atoms with E-state index < -0.39 is 5.54 Å². The molecular formula is C21H32N8O2. The van der Waals surface area contributed by atoms with Gasteiger partial charge in [-0.15, -0.1) is 0 Å². The van der Waals surface area contributed by atoms with Gasteiger partial charge in [0.1, 0.15) is 16.8 Å². The summed E-state index contributed by atoms with van der Waals surface area (Å²) < 4.78 is 7.39. The number of methoxy groups -OCH3 is 1. The Kier molecular flexibility index (Phi) is 6.91. The van der Waals surface area contributed by atoms with Crippen LogP contribution >= 0.6 is 0 Å². The van der Waals surface area contributed by atoms with Gasteiger partial charge in [0.05, 0.1) is 31.1 Å². The Bertz CT molecular complexity index is 1020. The van der Waals surface area contributed by atoms with E-state index in [0.717, 1.165) is 29.6 Å². The summed E-state index contributed by atoms with van der Waals surface area (Å²) >= 11 is 0. The van der Waals surface area contributed by atoms with Crippen molar-refractivity contribution in [1.82, 2.24) is 24.7 Å². The van der Waals surface area contributed by atoms with Crippen molar-refractivity contribution in [3.63, 3.8) is 0 Å². The summed E-state index contributed by atoms with van der Waals surface area (Å²) in [6.07, 6.45) is 5.91. The minimum Gasteiger partial charge on any atom is -0.496 e. The van der Waals surface area contributed by atoms with Gasteiger partial charge in [-0.1, -0.05) is 13.3 Å². The van der Waals surface area contributed by atoms with Gasteiger partial charge in [-0.2, -0.15) is 10.1 Å². The van der Waals surface area contributed by atoms with Gasteiger partial charge in [0, 0.05) is 30.5 Å². The minimum absolute atomic E-state index is 0.0677. The molecule has 168 valence electrons. The molecular weight excluding hydrogens is 396 g/mol. The van der Waals surface area contributed by atoms with Crippen molar-refractivity contribution in [2.75, 3.05) is 24.8 Å². The number of pyridine rings is 1. The zero-order valence-electron chi connectivity index (χ0n) is 18.6. The first kappa shape index (κ1) is 22.7. The van der Waals surface area contributed by atoms with Gasteiger partial charge in [0.15, 0.2) is 5.82 Å². The van der Waals surface area contributed by atoms with Gasteiger partial charge in [0.25, 0.3) is 0 Å². The maximum Gasteiger partial charge on any atom is 0.222 e. The fraction of sp³-hybridized carbons (Fsp3) is 0.524.